The second-order valence-corrected chi connectivity index (χ2v) is 6.98. The molecular weight excluding hydrogens is 356 g/mol. The molecule has 26 heavy (non-hydrogen) atoms. The van der Waals surface area contributed by atoms with Crippen molar-refractivity contribution >= 4 is 28.9 Å². The molecule has 0 fully saturated rings. The molecule has 2 heterocycles. The normalized spacial score (nSPS) is 17.6. The average molecular weight is 376 g/mol. The molecule has 138 valence electrons. The number of aliphatic carboxylic acids is 1. The number of carbonyl (C=O) groups excluding carboxylic acids is 1. The van der Waals surface area contributed by atoms with Gasteiger partial charge >= 0.3 is 5.97 Å². The first-order valence-corrected chi connectivity index (χ1v) is 9.10. The summed E-state index contributed by atoms with van der Waals surface area (Å²) in [4.78, 5) is 29.8. The van der Waals surface area contributed by atoms with Crippen molar-refractivity contribution in [3.05, 3.63) is 28.6 Å². The van der Waals surface area contributed by atoms with Crippen molar-refractivity contribution in [3.8, 4) is 17.0 Å². The molecule has 1 aromatic carbocycles. The number of thiazole rings is 1. The van der Waals surface area contributed by atoms with Crippen molar-refractivity contribution in [1.29, 1.82) is 0 Å². The van der Waals surface area contributed by atoms with E-state index in [1.165, 1.54) is 23.2 Å². The van der Waals surface area contributed by atoms with Crippen LogP contribution in [0.3, 0.4) is 0 Å². The Morgan fingerprint density at radius 2 is 2.27 bits per heavy atom. The highest BCUT2D eigenvalue weighted by molar-refractivity contribution is 7.09. The second-order valence-electron chi connectivity index (χ2n) is 6.03. The minimum Gasteiger partial charge on any atom is -0.480 e. The number of ether oxygens (including phenoxy) is 2. The van der Waals surface area contributed by atoms with Crippen molar-refractivity contribution in [3.63, 3.8) is 0 Å². The van der Waals surface area contributed by atoms with Gasteiger partial charge in [0, 0.05) is 24.5 Å². The number of carboxylic acid groups (broad SMARTS) is 1. The Labute approximate surface area is 155 Å². The van der Waals surface area contributed by atoms with Crippen LogP contribution in [-0.4, -0.2) is 47.8 Å². The second kappa shape index (κ2) is 7.43. The van der Waals surface area contributed by atoms with Gasteiger partial charge in [0.05, 0.1) is 23.0 Å². The zero-order valence-electron chi connectivity index (χ0n) is 14.8. The molecule has 0 bridgehead atoms. The molecule has 1 N–H and O–H groups in total. The van der Waals surface area contributed by atoms with E-state index in [4.69, 9.17) is 9.47 Å². The zero-order chi connectivity index (χ0) is 18.8. The van der Waals surface area contributed by atoms with Crippen LogP contribution in [0.4, 0.5) is 5.69 Å². The van der Waals surface area contributed by atoms with Crippen LogP contribution in [0, 0.1) is 0 Å². The van der Waals surface area contributed by atoms with Crippen LogP contribution >= 0.6 is 11.3 Å². The highest BCUT2D eigenvalue weighted by Crippen LogP contribution is 2.38. The number of aromatic nitrogens is 1. The van der Waals surface area contributed by atoms with Gasteiger partial charge in [-0.15, -0.1) is 11.3 Å². The Hall–Kier alpha value is -2.45. The number of amides is 1. The molecule has 3 rings (SSSR count). The summed E-state index contributed by atoms with van der Waals surface area (Å²) in [7, 11) is 1.65. The first-order valence-electron chi connectivity index (χ1n) is 8.22. The lowest BCUT2D eigenvalue weighted by atomic mass is 10.1. The average Bonchev–Trinajstić information content (AvgIpc) is 3.09. The molecule has 1 aliphatic heterocycles. The third-order valence-corrected chi connectivity index (χ3v) is 5.13. The molecule has 0 saturated heterocycles. The van der Waals surface area contributed by atoms with Crippen molar-refractivity contribution in [1.82, 2.24) is 4.98 Å². The molecule has 0 aliphatic carbocycles. The van der Waals surface area contributed by atoms with Gasteiger partial charge < -0.3 is 14.6 Å². The summed E-state index contributed by atoms with van der Waals surface area (Å²) in [6.07, 6.45) is 0.00277. The van der Waals surface area contributed by atoms with Crippen LogP contribution in [0.15, 0.2) is 23.6 Å². The van der Waals surface area contributed by atoms with Gasteiger partial charge in [0.15, 0.2) is 6.10 Å². The Morgan fingerprint density at radius 1 is 1.50 bits per heavy atom. The van der Waals surface area contributed by atoms with Gasteiger partial charge in [-0.1, -0.05) is 0 Å². The Bertz CT molecular complexity index is 835. The maximum absolute atomic E-state index is 12.5. The Morgan fingerprint density at radius 3 is 2.96 bits per heavy atom. The maximum atomic E-state index is 12.5. The molecule has 0 radical (unpaired) electrons. The van der Waals surface area contributed by atoms with E-state index >= 15 is 0 Å². The standard InChI is InChI=1S/C18H20N2O5S/c1-10(18(22)23)20-14-8-12(4-5-15(14)25-11(2)17(20)21)13-9-26-16(19-13)6-7-24-3/h4-5,8-11H,6-7H2,1-3H3,(H,22,23). The molecule has 1 aromatic heterocycles. The molecule has 8 heteroatoms. The SMILES string of the molecule is COCCc1nc(-c2ccc3c(c2)N(C(C)C(=O)O)C(=O)C(C)O3)cs1. The van der Waals surface area contributed by atoms with Crippen LogP contribution in [0.25, 0.3) is 11.3 Å². The van der Waals surface area contributed by atoms with Gasteiger partial charge in [-0.05, 0) is 32.0 Å². The Kier molecular flexibility index (Phi) is 5.24. The topological polar surface area (TPSA) is 89.0 Å². The summed E-state index contributed by atoms with van der Waals surface area (Å²) in [6, 6.07) is 4.38. The van der Waals surface area contributed by atoms with E-state index in [0.29, 0.717) is 18.0 Å². The van der Waals surface area contributed by atoms with Crippen molar-refractivity contribution in [2.75, 3.05) is 18.6 Å². The molecule has 2 aromatic rings. The van der Waals surface area contributed by atoms with E-state index in [0.717, 1.165) is 22.7 Å². The fourth-order valence-electron chi connectivity index (χ4n) is 2.78. The summed E-state index contributed by atoms with van der Waals surface area (Å²) in [5, 5.41) is 12.3. The molecule has 1 aliphatic rings. The minimum absolute atomic E-state index is 0.372. The lowest BCUT2D eigenvalue weighted by Gasteiger charge is -2.35. The highest BCUT2D eigenvalue weighted by atomic mass is 32.1. The number of hydrogen-bond donors (Lipinski definition) is 1. The van der Waals surface area contributed by atoms with Gasteiger partial charge in [-0.3, -0.25) is 9.69 Å². The summed E-state index contributed by atoms with van der Waals surface area (Å²) in [5.41, 5.74) is 2.03. The predicted molar refractivity (Wildman–Crippen MR) is 97.8 cm³/mol. The quantitative estimate of drug-likeness (QED) is 0.834. The van der Waals surface area contributed by atoms with Gasteiger partial charge in [0.1, 0.15) is 11.8 Å². The third-order valence-electron chi connectivity index (χ3n) is 4.22. The van der Waals surface area contributed by atoms with Crippen LogP contribution < -0.4 is 9.64 Å². The summed E-state index contributed by atoms with van der Waals surface area (Å²) in [5.74, 6) is -0.952. The lowest BCUT2D eigenvalue weighted by Crippen LogP contribution is -2.51. The molecule has 7 nitrogen and oxygen atoms in total. The molecule has 2 unspecified atom stereocenters. The lowest BCUT2D eigenvalue weighted by molar-refractivity contribution is -0.140. The molecule has 2 atom stereocenters. The molecular formula is C18H20N2O5S. The molecule has 0 saturated carbocycles. The van der Waals surface area contributed by atoms with E-state index in [1.807, 2.05) is 11.4 Å². The van der Waals surface area contributed by atoms with E-state index in [-0.39, 0.29) is 5.91 Å². The number of carbonyl (C=O) groups is 2. The first-order chi connectivity index (χ1) is 12.4. The van der Waals surface area contributed by atoms with Gasteiger partial charge in [-0.25, -0.2) is 9.78 Å². The number of methoxy groups -OCH3 is 1. The fraction of sp³-hybridized carbons (Fsp3) is 0.389. The summed E-state index contributed by atoms with van der Waals surface area (Å²) >= 11 is 1.54. The van der Waals surface area contributed by atoms with Gasteiger partial charge in [0.2, 0.25) is 0 Å². The largest absolute Gasteiger partial charge is 0.480 e. The number of rotatable bonds is 6. The van der Waals surface area contributed by atoms with Crippen molar-refractivity contribution < 1.29 is 24.2 Å². The predicted octanol–water partition coefficient (Wildman–Crippen LogP) is 2.59. The van der Waals surface area contributed by atoms with Crippen LogP contribution in [0.5, 0.6) is 5.75 Å². The number of nitrogens with zero attached hydrogens (tertiary/aromatic N) is 2. The van der Waals surface area contributed by atoms with Gasteiger partial charge in [-0.2, -0.15) is 0 Å². The highest BCUT2D eigenvalue weighted by Gasteiger charge is 2.37. The van der Waals surface area contributed by atoms with Crippen molar-refractivity contribution in [2.24, 2.45) is 0 Å². The van der Waals surface area contributed by atoms with Gasteiger partial charge in [0.25, 0.3) is 5.91 Å². The van der Waals surface area contributed by atoms with Crippen LogP contribution in [0.1, 0.15) is 18.9 Å². The Balaban J connectivity index is 1.99. The van der Waals surface area contributed by atoms with Crippen molar-refractivity contribution in [2.45, 2.75) is 32.4 Å². The number of hydrogen-bond acceptors (Lipinski definition) is 6. The third kappa shape index (κ3) is 3.42. The number of carboxylic acids is 1. The molecule has 0 spiro atoms. The number of benzene rings is 1. The van der Waals surface area contributed by atoms with E-state index in [9.17, 15) is 14.7 Å². The van der Waals surface area contributed by atoms with E-state index in [1.54, 1.807) is 26.2 Å². The zero-order valence-corrected chi connectivity index (χ0v) is 15.6. The number of fused-ring (bicyclic) bond motifs is 1. The minimum atomic E-state index is -1.07. The smallest absolute Gasteiger partial charge is 0.326 e. The molecule has 1 amide bonds. The fourth-order valence-corrected chi connectivity index (χ4v) is 3.57. The number of anilines is 1. The maximum Gasteiger partial charge on any atom is 0.326 e. The van der Waals surface area contributed by atoms with Crippen LogP contribution in [-0.2, 0) is 20.7 Å². The summed E-state index contributed by atoms with van der Waals surface area (Å²) in [6.45, 7) is 3.70. The first kappa shape index (κ1) is 18.3. The monoisotopic (exact) mass is 376 g/mol. The van der Waals surface area contributed by atoms with E-state index in [2.05, 4.69) is 4.98 Å². The summed E-state index contributed by atoms with van der Waals surface area (Å²) < 4.78 is 10.7. The van der Waals surface area contributed by atoms with E-state index < -0.39 is 18.1 Å². The van der Waals surface area contributed by atoms with Crippen LogP contribution in [0.2, 0.25) is 0 Å².